The number of aliphatic hydroxyl groups excluding tert-OH is 1. The van der Waals surface area contributed by atoms with Crippen molar-refractivity contribution in [3.63, 3.8) is 0 Å². The van der Waals surface area contributed by atoms with Crippen LogP contribution in [0.5, 0.6) is 0 Å². The van der Waals surface area contributed by atoms with Crippen LogP contribution in [-0.4, -0.2) is 242 Å². The molecule has 1 radical (unpaired) electrons. The normalized spacial score (nSPS) is 16.2. The van der Waals surface area contributed by atoms with Crippen molar-refractivity contribution in [1.29, 1.82) is 0 Å². The summed E-state index contributed by atoms with van der Waals surface area (Å²) in [4.78, 5) is 228. The van der Waals surface area contributed by atoms with Gasteiger partial charge in [0.05, 0.1) is 84.6 Å². The second-order valence-electron chi connectivity index (χ2n) is 14.4. The molecular formula is C36H57N16O19. The first-order valence-electron chi connectivity index (χ1n) is 20.1. The van der Waals surface area contributed by atoms with E-state index in [9.17, 15) is 77.6 Å². The van der Waals surface area contributed by atoms with Crippen LogP contribution in [0, 0.1) is 0 Å². The van der Waals surface area contributed by atoms with Crippen molar-refractivity contribution >= 4 is 93.9 Å². The van der Waals surface area contributed by atoms with Crippen LogP contribution in [0.2, 0.25) is 0 Å². The molecule has 0 aliphatic carbocycles. The van der Waals surface area contributed by atoms with Gasteiger partial charge < -0.3 is 89.4 Å². The molecule has 0 aromatic carbocycles. The van der Waals surface area contributed by atoms with Crippen molar-refractivity contribution in [3.8, 4) is 0 Å². The number of carbonyl (C=O) groups is 15. The fourth-order valence-corrected chi connectivity index (χ4v) is 7.56. The van der Waals surface area contributed by atoms with Gasteiger partial charge in [0.25, 0.3) is 5.91 Å². The van der Waals surface area contributed by atoms with Crippen LogP contribution in [0.3, 0.4) is 0 Å². The second kappa shape index (κ2) is 26.0. The van der Waals surface area contributed by atoms with Crippen molar-refractivity contribution < 1.29 is 92.0 Å². The molecule has 0 fully saturated rings. The molecule has 7 amide bonds. The Balaban J connectivity index is 11.5. The van der Waals surface area contributed by atoms with E-state index in [1.807, 2.05) is 0 Å². The number of nitrogens with one attached hydrogen (secondary N) is 1. The monoisotopic (exact) mass is 1020 g/mol. The molecule has 0 aliphatic rings. The lowest BCUT2D eigenvalue weighted by Crippen LogP contribution is -2.92. The number of hydrogen-bond acceptors (Lipinski definition) is 31. The highest BCUT2D eigenvalue weighted by Gasteiger charge is 2.84. The van der Waals surface area contributed by atoms with Gasteiger partial charge >= 0.3 is 0 Å². The molecule has 7 atom stereocenters. The standard InChI is InChI=1S/C36H57N16O19/c1-15(14-53)49-31(69)34(19(57)5-40,52(26(64)12-47)27(65)13-48)36(71,21(59)7-42)30(68)33(18(56)4-39,51(24(62)10-45)25(63)11-46)35(70,20(58)6-41)29(67)32(17(55)3-38,28(66)16(54)2-37)50(22(60)8-43)23(61)9-44/h15,28,66,70-71H,2-13,37-48H2,1H3,(H,49,69)/t15-,28?,32-,33?,34?,35?,36?/m0/s1. The molecule has 35 heteroatoms. The summed E-state index contributed by atoms with van der Waals surface area (Å²) in [6.07, 6.45) is -2.75. The number of rotatable bonds is 31. The quantitative estimate of drug-likeness (QED) is 0.0287. The van der Waals surface area contributed by atoms with E-state index in [4.69, 9.17) is 68.8 Å². The Kier molecular flexibility index (Phi) is 23.5. The molecular weight excluding hydrogens is 960 g/mol. The van der Waals surface area contributed by atoms with Crippen LogP contribution in [0.4, 0.5) is 0 Å². The van der Waals surface area contributed by atoms with Crippen molar-refractivity contribution in [2.75, 3.05) is 78.5 Å². The third-order valence-electron chi connectivity index (χ3n) is 10.7. The minimum Gasteiger partial charge on any atom is -0.382 e. The predicted octanol–water partition coefficient (Wildman–Crippen LogP) is -17.2. The lowest BCUT2D eigenvalue weighted by atomic mass is 9.55. The third kappa shape index (κ3) is 10.1. The molecule has 395 valence electrons. The zero-order chi connectivity index (χ0) is 55.9. The topological polar surface area (TPSA) is 668 Å². The molecule has 0 bridgehead atoms. The number of aliphatic hydroxyl groups is 3. The molecule has 0 spiro atoms. The Bertz CT molecular complexity index is 2180. The lowest BCUT2D eigenvalue weighted by Gasteiger charge is -2.55. The number of nitrogens with two attached hydrogens (primary N) is 12. The first-order chi connectivity index (χ1) is 33.0. The van der Waals surface area contributed by atoms with Crippen LogP contribution >= 0.6 is 0 Å². The summed E-state index contributed by atoms with van der Waals surface area (Å²) in [6.45, 7) is -21.4. The Morgan fingerprint density at radius 1 is 0.437 bits per heavy atom. The van der Waals surface area contributed by atoms with Crippen LogP contribution in [0.1, 0.15) is 6.92 Å². The summed E-state index contributed by atoms with van der Waals surface area (Å²) in [5.41, 5.74) is 39.4. The highest BCUT2D eigenvalue weighted by Crippen LogP contribution is 2.46. The Morgan fingerprint density at radius 2 is 0.732 bits per heavy atom. The van der Waals surface area contributed by atoms with Crippen LogP contribution < -0.4 is 74.1 Å². The maximum absolute atomic E-state index is 16.5. The summed E-state index contributed by atoms with van der Waals surface area (Å²) < 4.78 is 0. The molecule has 0 aromatic heterocycles. The summed E-state index contributed by atoms with van der Waals surface area (Å²) in [5, 5.41) is 40.1. The van der Waals surface area contributed by atoms with Gasteiger partial charge in [-0.25, -0.2) is 0 Å². The summed E-state index contributed by atoms with van der Waals surface area (Å²) in [7, 11) is 0. The summed E-state index contributed by atoms with van der Waals surface area (Å²) >= 11 is 0. The molecule has 35 nitrogen and oxygen atoms in total. The predicted molar refractivity (Wildman–Crippen MR) is 232 cm³/mol. The summed E-state index contributed by atoms with van der Waals surface area (Å²) in [5.74, 6) is -38.4. The van der Waals surface area contributed by atoms with Crippen molar-refractivity contribution in [1.82, 2.24) is 20.0 Å². The zero-order valence-corrected chi connectivity index (χ0v) is 37.8. The zero-order valence-electron chi connectivity index (χ0n) is 37.8. The highest BCUT2D eigenvalue weighted by atomic mass is 16.3. The molecule has 0 saturated heterocycles. The number of carbonyl (C=O) groups excluding carboxylic acids is 16. The maximum atomic E-state index is 16.5. The number of hydrogen-bond donors (Lipinski definition) is 16. The van der Waals surface area contributed by atoms with E-state index in [0.29, 0.717) is 6.92 Å². The smallest absolute Gasteiger partial charge is 0.258 e. The van der Waals surface area contributed by atoms with Crippen molar-refractivity contribution in [2.45, 2.75) is 46.9 Å². The van der Waals surface area contributed by atoms with Crippen molar-refractivity contribution in [2.24, 2.45) is 68.8 Å². The highest BCUT2D eigenvalue weighted by molar-refractivity contribution is 6.41. The first-order valence-corrected chi connectivity index (χ1v) is 20.1. The summed E-state index contributed by atoms with van der Waals surface area (Å²) in [6, 6.07) is -2.18. The molecule has 71 heavy (non-hydrogen) atoms. The Labute approximate surface area is 399 Å². The molecule has 5 unspecified atom stereocenters. The second-order valence-corrected chi connectivity index (χ2v) is 14.4. The average Bonchev–Trinajstić information content (AvgIpc) is 3.38. The average molecular weight is 1020 g/mol. The van der Waals surface area contributed by atoms with Gasteiger partial charge in [-0.1, -0.05) is 0 Å². The van der Waals surface area contributed by atoms with Gasteiger partial charge in [0, 0.05) is 0 Å². The van der Waals surface area contributed by atoms with Crippen molar-refractivity contribution in [3.05, 3.63) is 0 Å². The van der Waals surface area contributed by atoms with E-state index in [-0.39, 0.29) is 0 Å². The van der Waals surface area contributed by atoms with E-state index in [2.05, 4.69) is 0 Å². The lowest BCUT2D eigenvalue weighted by molar-refractivity contribution is -0.206. The fraction of sp³-hybridized carbons (Fsp3) is 0.556. The minimum absolute atomic E-state index is 0.689. The molecule has 28 N–H and O–H groups in total. The largest absolute Gasteiger partial charge is 0.382 e. The number of nitrogens with zero attached hydrogens (tertiary/aromatic N) is 3. The van der Waals surface area contributed by atoms with Gasteiger partial charge in [0.15, 0.2) is 40.8 Å². The van der Waals surface area contributed by atoms with E-state index in [0.717, 1.165) is 6.29 Å². The van der Waals surface area contributed by atoms with Gasteiger partial charge in [-0.2, -0.15) is 0 Å². The number of ketones is 8. The molecule has 0 saturated carbocycles. The van der Waals surface area contributed by atoms with E-state index in [1.54, 1.807) is 5.32 Å². The minimum atomic E-state index is -5.77. The van der Waals surface area contributed by atoms with Gasteiger partial charge in [-0.15, -0.1) is 0 Å². The van der Waals surface area contributed by atoms with Gasteiger partial charge in [0.2, 0.25) is 81.1 Å². The maximum Gasteiger partial charge on any atom is 0.258 e. The van der Waals surface area contributed by atoms with Gasteiger partial charge in [-0.05, 0) is 6.92 Å². The molecule has 0 heterocycles. The fourth-order valence-electron chi connectivity index (χ4n) is 7.56. The van der Waals surface area contributed by atoms with Gasteiger partial charge in [0.1, 0.15) is 0 Å². The Morgan fingerprint density at radius 3 is 1.03 bits per heavy atom. The van der Waals surface area contributed by atoms with E-state index < -0.39 is 221 Å². The van der Waals surface area contributed by atoms with Gasteiger partial charge in [-0.3, -0.25) is 91.4 Å². The first kappa shape index (κ1) is 64.3. The van der Waals surface area contributed by atoms with Crippen LogP contribution in [0.25, 0.3) is 0 Å². The number of amides is 7. The van der Waals surface area contributed by atoms with E-state index in [1.165, 1.54) is 0 Å². The molecule has 0 rings (SSSR count). The third-order valence-corrected chi connectivity index (χ3v) is 10.7. The molecule has 0 aliphatic heterocycles. The number of imide groups is 3. The number of Topliss-reactive ketones (excluding diaryl/α,β-unsaturated/α-hetero) is 8. The van der Waals surface area contributed by atoms with E-state index >= 15 is 14.4 Å². The Hall–Kier alpha value is -6.68. The SMILES string of the molecule is C[C@@H]([C]=O)NC(=O)C(C(=O)CN)(N(C(=O)CN)C(=O)CN)C(O)(C(=O)CN)C(=O)C(C(=O)CN)(N(C(=O)CN)C(=O)CN)C(O)(C(=O)CN)C(=O)[C@](C(=O)CN)(C(O)C(=O)CN)N(C(=O)CN)C(=O)CN. The molecule has 0 aromatic rings. The van der Waals surface area contributed by atoms with Crippen LogP contribution in [-0.2, 0) is 76.7 Å². The van der Waals surface area contributed by atoms with Crippen LogP contribution in [0.15, 0.2) is 0 Å².